The fraction of sp³-hybridized carbons (Fsp3) is 0.308. The Morgan fingerprint density at radius 3 is 2.93 bits per heavy atom. The van der Waals surface area contributed by atoms with Crippen molar-refractivity contribution in [1.29, 1.82) is 0 Å². The third kappa shape index (κ3) is 2.37. The van der Waals surface area contributed by atoms with Gasteiger partial charge in [0, 0.05) is 16.9 Å². The molecule has 1 heterocycles. The molecule has 0 radical (unpaired) electrons. The zero-order valence-corrected chi connectivity index (χ0v) is 10.4. The van der Waals surface area contributed by atoms with Crippen LogP contribution in [0.4, 0.5) is 0 Å². The average molecular weight is 264 g/mol. The van der Waals surface area contributed by atoms with Gasteiger partial charge in [0.25, 0.3) is 0 Å². The second-order valence-electron chi connectivity index (χ2n) is 3.95. The van der Waals surface area contributed by atoms with Crippen LogP contribution < -0.4 is 0 Å². The highest BCUT2D eigenvalue weighted by Crippen LogP contribution is 2.20. The van der Waals surface area contributed by atoms with E-state index < -0.39 is 0 Å². The van der Waals surface area contributed by atoms with E-state index in [4.69, 9.17) is 0 Å². The van der Waals surface area contributed by atoms with Crippen molar-refractivity contribution in [3.8, 4) is 0 Å². The van der Waals surface area contributed by atoms with E-state index in [1.165, 1.54) is 10.9 Å². The third-order valence-corrected chi connectivity index (χ3v) is 3.67. The summed E-state index contributed by atoms with van der Waals surface area (Å²) in [6.45, 7) is 2.25. The predicted octanol–water partition coefficient (Wildman–Crippen LogP) is 3.81. The Morgan fingerprint density at radius 1 is 1.27 bits per heavy atom. The highest BCUT2D eigenvalue weighted by atomic mass is 79.9. The molecule has 0 aliphatic rings. The first-order chi connectivity index (χ1) is 7.31. The van der Waals surface area contributed by atoms with Crippen molar-refractivity contribution in [2.45, 2.75) is 13.3 Å². The summed E-state index contributed by atoms with van der Waals surface area (Å²) in [5, 5.41) is 2.33. The van der Waals surface area contributed by atoms with Gasteiger partial charge >= 0.3 is 0 Å². The van der Waals surface area contributed by atoms with E-state index in [0.717, 1.165) is 17.3 Å². The SMILES string of the molecule is CC(CBr)Cc1cccc2ncccc12. The molecule has 0 aliphatic carbocycles. The summed E-state index contributed by atoms with van der Waals surface area (Å²) in [6.07, 6.45) is 2.95. The zero-order valence-electron chi connectivity index (χ0n) is 8.78. The Kier molecular flexibility index (Phi) is 3.37. The molecule has 1 unspecified atom stereocenters. The van der Waals surface area contributed by atoms with Crippen LogP contribution in [0.2, 0.25) is 0 Å². The molecule has 0 amide bonds. The molecule has 2 rings (SSSR count). The van der Waals surface area contributed by atoms with Crippen molar-refractivity contribution in [3.63, 3.8) is 0 Å². The summed E-state index contributed by atoms with van der Waals surface area (Å²) >= 11 is 3.52. The number of alkyl halides is 1. The van der Waals surface area contributed by atoms with Gasteiger partial charge in [-0.15, -0.1) is 0 Å². The minimum absolute atomic E-state index is 0.663. The van der Waals surface area contributed by atoms with Gasteiger partial charge < -0.3 is 0 Å². The quantitative estimate of drug-likeness (QED) is 0.768. The summed E-state index contributed by atoms with van der Waals surface area (Å²) in [4.78, 5) is 4.36. The molecule has 0 N–H and O–H groups in total. The predicted molar refractivity (Wildman–Crippen MR) is 68.4 cm³/mol. The van der Waals surface area contributed by atoms with Crippen LogP contribution in [0, 0.1) is 5.92 Å². The van der Waals surface area contributed by atoms with E-state index in [1.54, 1.807) is 0 Å². The lowest BCUT2D eigenvalue weighted by molar-refractivity contribution is 0.666. The van der Waals surface area contributed by atoms with Gasteiger partial charge in [0.15, 0.2) is 0 Å². The maximum absolute atomic E-state index is 4.36. The Balaban J connectivity index is 2.42. The topological polar surface area (TPSA) is 12.9 Å². The fourth-order valence-corrected chi connectivity index (χ4v) is 2.00. The maximum atomic E-state index is 4.36. The highest BCUT2D eigenvalue weighted by molar-refractivity contribution is 9.09. The lowest BCUT2D eigenvalue weighted by Gasteiger charge is -2.09. The molecule has 0 fully saturated rings. The first-order valence-electron chi connectivity index (χ1n) is 5.20. The number of aromatic nitrogens is 1. The van der Waals surface area contributed by atoms with Crippen LogP contribution in [0.3, 0.4) is 0 Å². The molecule has 1 aromatic heterocycles. The summed E-state index contributed by atoms with van der Waals surface area (Å²) in [5.74, 6) is 0.663. The number of pyridine rings is 1. The van der Waals surface area contributed by atoms with Crippen molar-refractivity contribution in [2.75, 3.05) is 5.33 Å². The normalized spacial score (nSPS) is 12.9. The van der Waals surface area contributed by atoms with Crippen molar-refractivity contribution in [3.05, 3.63) is 42.1 Å². The average Bonchev–Trinajstić information content (AvgIpc) is 2.29. The van der Waals surface area contributed by atoms with E-state index >= 15 is 0 Å². The summed E-state index contributed by atoms with van der Waals surface area (Å²) in [7, 11) is 0. The standard InChI is InChI=1S/C13H14BrN/c1-10(9-14)8-11-4-2-6-13-12(11)5-3-7-15-13/h2-7,10H,8-9H2,1H3. The Bertz CT molecular complexity index is 448. The van der Waals surface area contributed by atoms with Gasteiger partial charge in [0.1, 0.15) is 0 Å². The molecule has 15 heavy (non-hydrogen) atoms. The van der Waals surface area contributed by atoms with Gasteiger partial charge in [-0.25, -0.2) is 0 Å². The molecule has 2 heteroatoms. The van der Waals surface area contributed by atoms with E-state index in [9.17, 15) is 0 Å². The highest BCUT2D eigenvalue weighted by Gasteiger charge is 2.05. The van der Waals surface area contributed by atoms with E-state index in [2.05, 4.69) is 52.1 Å². The number of rotatable bonds is 3. The maximum Gasteiger partial charge on any atom is 0.0704 e. The lowest BCUT2D eigenvalue weighted by atomic mass is 9.99. The molecular formula is C13H14BrN. The monoisotopic (exact) mass is 263 g/mol. The minimum atomic E-state index is 0.663. The van der Waals surface area contributed by atoms with Crippen LogP contribution in [0.25, 0.3) is 10.9 Å². The van der Waals surface area contributed by atoms with Gasteiger partial charge in [-0.1, -0.05) is 41.1 Å². The summed E-state index contributed by atoms with van der Waals surface area (Å²) in [6, 6.07) is 10.5. The number of fused-ring (bicyclic) bond motifs is 1. The Hall–Kier alpha value is -0.890. The second-order valence-corrected chi connectivity index (χ2v) is 4.60. The first kappa shape index (κ1) is 10.6. The van der Waals surface area contributed by atoms with Gasteiger partial charge in [-0.2, -0.15) is 0 Å². The van der Waals surface area contributed by atoms with Gasteiger partial charge in [0.2, 0.25) is 0 Å². The van der Waals surface area contributed by atoms with E-state index in [-0.39, 0.29) is 0 Å². The van der Waals surface area contributed by atoms with Crippen LogP contribution in [0.1, 0.15) is 12.5 Å². The largest absolute Gasteiger partial charge is 0.256 e. The van der Waals surface area contributed by atoms with Crippen molar-refractivity contribution in [1.82, 2.24) is 4.98 Å². The minimum Gasteiger partial charge on any atom is -0.256 e. The van der Waals surface area contributed by atoms with Crippen LogP contribution in [-0.2, 0) is 6.42 Å². The summed E-state index contributed by atoms with van der Waals surface area (Å²) in [5.41, 5.74) is 2.49. The zero-order chi connectivity index (χ0) is 10.7. The van der Waals surface area contributed by atoms with Crippen LogP contribution in [-0.4, -0.2) is 10.3 Å². The molecular weight excluding hydrogens is 250 g/mol. The third-order valence-electron chi connectivity index (χ3n) is 2.57. The summed E-state index contributed by atoms with van der Waals surface area (Å²) < 4.78 is 0. The van der Waals surface area contributed by atoms with Gasteiger partial charge in [0.05, 0.1) is 5.52 Å². The Morgan fingerprint density at radius 2 is 2.13 bits per heavy atom. The number of nitrogens with zero attached hydrogens (tertiary/aromatic N) is 1. The molecule has 1 aromatic carbocycles. The number of hydrogen-bond acceptors (Lipinski definition) is 1. The first-order valence-corrected chi connectivity index (χ1v) is 6.32. The molecule has 0 spiro atoms. The van der Waals surface area contributed by atoms with Crippen molar-refractivity contribution in [2.24, 2.45) is 5.92 Å². The van der Waals surface area contributed by atoms with Crippen LogP contribution >= 0.6 is 15.9 Å². The van der Waals surface area contributed by atoms with E-state index in [1.807, 2.05) is 12.3 Å². The molecule has 78 valence electrons. The Labute approximate surface area is 98.7 Å². The second kappa shape index (κ2) is 4.75. The molecule has 0 bridgehead atoms. The number of benzene rings is 1. The molecule has 1 atom stereocenters. The molecule has 0 saturated carbocycles. The molecule has 0 saturated heterocycles. The van der Waals surface area contributed by atoms with Crippen molar-refractivity contribution >= 4 is 26.8 Å². The molecule has 1 nitrogen and oxygen atoms in total. The number of hydrogen-bond donors (Lipinski definition) is 0. The van der Waals surface area contributed by atoms with Gasteiger partial charge in [-0.3, -0.25) is 4.98 Å². The number of halogens is 1. The van der Waals surface area contributed by atoms with Crippen molar-refractivity contribution < 1.29 is 0 Å². The molecule has 2 aromatic rings. The molecule has 0 aliphatic heterocycles. The fourth-order valence-electron chi connectivity index (χ4n) is 1.78. The van der Waals surface area contributed by atoms with E-state index in [0.29, 0.717) is 5.92 Å². The lowest BCUT2D eigenvalue weighted by Crippen LogP contribution is -2.01. The smallest absolute Gasteiger partial charge is 0.0704 e. The van der Waals surface area contributed by atoms with Crippen LogP contribution in [0.5, 0.6) is 0 Å². The van der Waals surface area contributed by atoms with Gasteiger partial charge in [-0.05, 0) is 30.0 Å². The van der Waals surface area contributed by atoms with Crippen LogP contribution in [0.15, 0.2) is 36.5 Å².